The van der Waals surface area contributed by atoms with E-state index in [1.807, 2.05) is 36.6 Å². The van der Waals surface area contributed by atoms with Gasteiger partial charge in [0.1, 0.15) is 6.61 Å². The Hall–Kier alpha value is -1.53. The van der Waals surface area contributed by atoms with E-state index in [-0.39, 0.29) is 24.5 Å². The third-order valence-electron chi connectivity index (χ3n) is 4.42. The van der Waals surface area contributed by atoms with E-state index in [1.165, 1.54) is 0 Å². The topological polar surface area (TPSA) is 67.4 Å². The first-order valence-electron chi connectivity index (χ1n) is 10.2. The predicted molar refractivity (Wildman–Crippen MR) is 118 cm³/mol. The van der Waals surface area contributed by atoms with Crippen molar-refractivity contribution in [3.05, 3.63) is 35.9 Å². The van der Waals surface area contributed by atoms with E-state index in [2.05, 4.69) is 31.4 Å². The molecule has 0 saturated carbocycles. The van der Waals surface area contributed by atoms with Gasteiger partial charge < -0.3 is 15.4 Å². The molecule has 2 atom stereocenters. The molecule has 28 heavy (non-hydrogen) atoms. The van der Waals surface area contributed by atoms with Crippen LogP contribution in [-0.2, 0) is 16.1 Å². The maximum absolute atomic E-state index is 12.4. The monoisotopic (exact) mass is 408 g/mol. The molecular formula is C22H36N2O3S. The molecule has 0 heterocycles. The highest BCUT2D eigenvalue weighted by Crippen LogP contribution is 2.09. The van der Waals surface area contributed by atoms with Crippen LogP contribution < -0.4 is 10.6 Å². The number of benzene rings is 1. The molecule has 0 bridgehead atoms. The van der Waals surface area contributed by atoms with E-state index in [4.69, 9.17) is 4.74 Å². The Morgan fingerprint density at radius 2 is 1.89 bits per heavy atom. The third-order valence-corrected chi connectivity index (χ3v) is 5.00. The van der Waals surface area contributed by atoms with Crippen molar-refractivity contribution in [3.63, 3.8) is 0 Å². The molecule has 0 aliphatic rings. The zero-order chi connectivity index (χ0) is 20.8. The molecule has 6 heteroatoms. The molecule has 5 nitrogen and oxygen atoms in total. The molecule has 2 unspecified atom stereocenters. The van der Waals surface area contributed by atoms with Crippen molar-refractivity contribution < 1.29 is 14.3 Å². The number of ketones is 1. The van der Waals surface area contributed by atoms with E-state index < -0.39 is 6.09 Å². The molecule has 0 saturated heterocycles. The fourth-order valence-corrected chi connectivity index (χ4v) is 3.49. The van der Waals surface area contributed by atoms with E-state index in [9.17, 15) is 9.59 Å². The van der Waals surface area contributed by atoms with Gasteiger partial charge in [0.15, 0.2) is 5.78 Å². The van der Waals surface area contributed by atoms with Gasteiger partial charge in [0.05, 0.1) is 11.8 Å². The largest absolute Gasteiger partial charge is 0.445 e. The van der Waals surface area contributed by atoms with Crippen molar-refractivity contribution in [1.29, 1.82) is 0 Å². The zero-order valence-electron chi connectivity index (χ0n) is 17.7. The molecule has 1 amide bonds. The lowest BCUT2D eigenvalue weighted by Gasteiger charge is -2.24. The van der Waals surface area contributed by atoms with Crippen LogP contribution in [0.15, 0.2) is 30.3 Å². The average Bonchev–Trinajstić information content (AvgIpc) is 2.66. The van der Waals surface area contributed by atoms with Crippen LogP contribution in [0, 0.1) is 5.92 Å². The van der Waals surface area contributed by atoms with E-state index in [1.54, 1.807) is 11.8 Å². The van der Waals surface area contributed by atoms with Gasteiger partial charge in [-0.15, -0.1) is 0 Å². The molecule has 1 rings (SSSR count). The summed E-state index contributed by atoms with van der Waals surface area (Å²) in [4.78, 5) is 24.6. The number of alkyl carbamates (subject to hydrolysis) is 1. The van der Waals surface area contributed by atoms with Crippen molar-refractivity contribution in [2.75, 3.05) is 18.6 Å². The SMILES string of the molecule is CCCCC(NCC(CC(C)C)NC(=O)OCc1ccccc1)C(=O)CSC. The molecule has 0 aliphatic heterocycles. The Morgan fingerprint density at radius 1 is 1.18 bits per heavy atom. The minimum atomic E-state index is -0.420. The van der Waals surface area contributed by atoms with Crippen LogP contribution in [0.25, 0.3) is 0 Å². The minimum absolute atomic E-state index is 0.0746. The fourth-order valence-electron chi connectivity index (χ4n) is 3.01. The number of Topliss-reactive ketones (excluding diaryl/α,β-unsaturated/α-hetero) is 1. The number of carbonyl (C=O) groups excluding carboxylic acids is 2. The number of thioether (sulfide) groups is 1. The standard InChI is InChI=1S/C22H36N2O3S/c1-5-6-12-20(21(25)16-28-4)23-14-19(13-17(2)3)24-22(26)27-15-18-10-8-7-9-11-18/h7-11,17,19-20,23H,5-6,12-16H2,1-4H3,(H,24,26). The highest BCUT2D eigenvalue weighted by atomic mass is 32.2. The Balaban J connectivity index is 2.57. The van der Waals surface area contributed by atoms with Crippen LogP contribution in [0.2, 0.25) is 0 Å². The fraction of sp³-hybridized carbons (Fsp3) is 0.636. The number of hydrogen-bond acceptors (Lipinski definition) is 5. The maximum atomic E-state index is 12.4. The lowest BCUT2D eigenvalue weighted by molar-refractivity contribution is -0.118. The normalized spacial score (nSPS) is 13.2. The summed E-state index contributed by atoms with van der Waals surface area (Å²) in [6, 6.07) is 9.40. The summed E-state index contributed by atoms with van der Waals surface area (Å²) in [6.45, 7) is 7.18. The molecule has 1 aromatic carbocycles. The average molecular weight is 409 g/mol. The number of carbonyl (C=O) groups is 2. The maximum Gasteiger partial charge on any atom is 0.407 e. The van der Waals surface area contributed by atoms with Gasteiger partial charge in [0.25, 0.3) is 0 Å². The molecule has 0 aromatic heterocycles. The second-order valence-corrected chi connectivity index (χ2v) is 8.40. The van der Waals surface area contributed by atoms with E-state index in [0.717, 1.165) is 31.2 Å². The van der Waals surface area contributed by atoms with Gasteiger partial charge in [-0.05, 0) is 30.6 Å². The molecule has 2 N–H and O–H groups in total. The highest BCUT2D eigenvalue weighted by Gasteiger charge is 2.21. The number of rotatable bonds is 14. The van der Waals surface area contributed by atoms with E-state index in [0.29, 0.717) is 18.2 Å². The Bertz CT molecular complexity index is 566. The lowest BCUT2D eigenvalue weighted by Crippen LogP contribution is -2.48. The van der Waals surface area contributed by atoms with Gasteiger partial charge in [0, 0.05) is 12.6 Å². The Morgan fingerprint density at radius 3 is 2.50 bits per heavy atom. The first-order chi connectivity index (χ1) is 13.5. The molecule has 0 spiro atoms. The van der Waals surface area contributed by atoms with Crippen molar-refractivity contribution in [1.82, 2.24) is 10.6 Å². The van der Waals surface area contributed by atoms with Crippen LogP contribution >= 0.6 is 11.8 Å². The molecule has 158 valence electrons. The number of ether oxygens (including phenoxy) is 1. The van der Waals surface area contributed by atoms with Crippen molar-refractivity contribution in [2.45, 2.75) is 65.1 Å². The first kappa shape index (κ1) is 24.5. The Kier molecular flexibility index (Phi) is 12.7. The predicted octanol–water partition coefficient (Wildman–Crippen LogP) is 4.41. The molecular weight excluding hydrogens is 372 g/mol. The Labute approximate surface area is 174 Å². The lowest BCUT2D eigenvalue weighted by atomic mass is 10.0. The van der Waals surface area contributed by atoms with E-state index >= 15 is 0 Å². The van der Waals surface area contributed by atoms with Crippen molar-refractivity contribution >= 4 is 23.6 Å². The minimum Gasteiger partial charge on any atom is -0.445 e. The second kappa shape index (κ2) is 14.5. The quantitative estimate of drug-likeness (QED) is 0.477. The zero-order valence-corrected chi connectivity index (χ0v) is 18.5. The van der Waals surface area contributed by atoms with Crippen molar-refractivity contribution in [2.24, 2.45) is 5.92 Å². The number of nitrogens with one attached hydrogen (secondary N) is 2. The summed E-state index contributed by atoms with van der Waals surface area (Å²) >= 11 is 1.55. The van der Waals surface area contributed by atoms with Gasteiger partial charge in [0.2, 0.25) is 0 Å². The van der Waals surface area contributed by atoms with Gasteiger partial charge in [-0.1, -0.05) is 63.9 Å². The molecule has 1 aromatic rings. The van der Waals surface area contributed by atoms with Gasteiger partial charge in [-0.2, -0.15) is 11.8 Å². The number of hydrogen-bond donors (Lipinski definition) is 2. The summed E-state index contributed by atoms with van der Waals surface area (Å²) in [5, 5.41) is 6.35. The summed E-state index contributed by atoms with van der Waals surface area (Å²) in [6.07, 6.45) is 5.26. The molecule has 0 aliphatic carbocycles. The number of unbranched alkanes of at least 4 members (excludes halogenated alkanes) is 1. The van der Waals surface area contributed by atoms with Gasteiger partial charge in [-0.25, -0.2) is 4.79 Å². The van der Waals surface area contributed by atoms with Crippen LogP contribution in [0.4, 0.5) is 4.79 Å². The van der Waals surface area contributed by atoms with Gasteiger partial charge >= 0.3 is 6.09 Å². The smallest absolute Gasteiger partial charge is 0.407 e. The van der Waals surface area contributed by atoms with Crippen LogP contribution in [0.1, 0.15) is 52.0 Å². The van der Waals surface area contributed by atoms with Crippen LogP contribution in [-0.4, -0.2) is 42.5 Å². The number of amides is 1. The first-order valence-corrected chi connectivity index (χ1v) is 11.6. The highest BCUT2D eigenvalue weighted by molar-refractivity contribution is 7.99. The summed E-state index contributed by atoms with van der Waals surface area (Å²) in [5.41, 5.74) is 0.957. The molecule has 0 radical (unpaired) electrons. The second-order valence-electron chi connectivity index (χ2n) is 7.53. The van der Waals surface area contributed by atoms with Gasteiger partial charge in [-0.3, -0.25) is 4.79 Å². The van der Waals surface area contributed by atoms with Crippen LogP contribution in [0.5, 0.6) is 0 Å². The van der Waals surface area contributed by atoms with Crippen molar-refractivity contribution in [3.8, 4) is 0 Å². The van der Waals surface area contributed by atoms with Crippen LogP contribution in [0.3, 0.4) is 0 Å². The molecule has 0 fully saturated rings. The summed E-state index contributed by atoms with van der Waals surface area (Å²) in [7, 11) is 0. The third kappa shape index (κ3) is 10.7. The summed E-state index contributed by atoms with van der Waals surface area (Å²) in [5.74, 6) is 1.18. The summed E-state index contributed by atoms with van der Waals surface area (Å²) < 4.78 is 5.35.